The summed E-state index contributed by atoms with van der Waals surface area (Å²) in [7, 11) is 2.03. The van der Waals surface area contributed by atoms with Crippen LogP contribution >= 0.6 is 0 Å². The molecule has 0 aromatic heterocycles. The molecule has 2 N–H and O–H groups in total. The number of nitrogens with one attached hydrogen (secondary N) is 1. The van der Waals surface area contributed by atoms with Gasteiger partial charge in [0.2, 0.25) is 5.82 Å². The van der Waals surface area contributed by atoms with Crippen LogP contribution in [0.25, 0.3) is 10.8 Å². The first-order valence-electron chi connectivity index (χ1n) is 15.7. The van der Waals surface area contributed by atoms with Gasteiger partial charge in [-0.25, -0.2) is 22.0 Å². The van der Waals surface area contributed by atoms with E-state index in [1.807, 2.05) is 43.4 Å². The monoisotopic (exact) mass is 676 g/mol. The summed E-state index contributed by atoms with van der Waals surface area (Å²) in [5.74, 6) is -12.7. The maximum absolute atomic E-state index is 14.2. The lowest BCUT2D eigenvalue weighted by Gasteiger charge is -2.39. The molecular formula is C38H33F5N2O4. The van der Waals surface area contributed by atoms with Crippen LogP contribution in [0.2, 0.25) is 0 Å². The smallest absolute Gasteiger partial charge is 0.261 e. The molecule has 6 nitrogen and oxygen atoms in total. The maximum Gasteiger partial charge on any atom is 0.261 e. The number of fused-ring (bicyclic) bond motifs is 1. The van der Waals surface area contributed by atoms with E-state index in [-0.39, 0.29) is 30.5 Å². The van der Waals surface area contributed by atoms with E-state index in [9.17, 15) is 31.9 Å². The molecule has 1 amide bonds. The van der Waals surface area contributed by atoms with Gasteiger partial charge in [0, 0.05) is 30.3 Å². The summed E-state index contributed by atoms with van der Waals surface area (Å²) in [6, 6.07) is 28.1. The van der Waals surface area contributed by atoms with E-state index in [4.69, 9.17) is 9.47 Å². The van der Waals surface area contributed by atoms with Gasteiger partial charge in [0.25, 0.3) is 5.91 Å². The Bertz CT molecular complexity index is 1940. The largest absolute Gasteiger partial charge is 0.392 e. The minimum Gasteiger partial charge on any atom is -0.392 e. The maximum atomic E-state index is 14.2. The number of nitrogens with zero attached hydrogens (tertiary/aromatic N) is 1. The molecule has 254 valence electrons. The van der Waals surface area contributed by atoms with Gasteiger partial charge in [-0.3, -0.25) is 9.69 Å². The zero-order valence-corrected chi connectivity index (χ0v) is 26.6. The molecule has 5 aromatic rings. The third-order valence-corrected chi connectivity index (χ3v) is 8.90. The number of anilines is 1. The minimum atomic E-state index is -2.35. The average Bonchev–Trinajstić information content (AvgIpc) is 3.13. The Kier molecular flexibility index (Phi) is 10.1. The molecule has 11 heteroatoms. The standard InChI is InChI=1S/C38H33F5N2O4/c1-21(26-12-11-23-5-3-4-6-27(23)17-26)45(2)19-29-18-30(24-9-7-22(20-46)8-10-24)49-38(48-29)25-13-15-28(16-14-25)44-37(47)31-32(39)34(41)36(43)35(42)33(31)40/h3-17,21,29-30,38,46H,18-20H2,1-2H3,(H,44,47)/t21-,29-,30+,38+/m1/s1. The van der Waals surface area contributed by atoms with Gasteiger partial charge in [-0.2, -0.15) is 0 Å². The predicted octanol–water partition coefficient (Wildman–Crippen LogP) is 8.52. The molecule has 1 fully saturated rings. The van der Waals surface area contributed by atoms with Crippen LogP contribution < -0.4 is 5.32 Å². The number of carbonyl (C=O) groups is 1. The summed E-state index contributed by atoms with van der Waals surface area (Å²) < 4.78 is 82.0. The molecule has 1 heterocycles. The van der Waals surface area contributed by atoms with Crippen LogP contribution in [-0.4, -0.2) is 35.6 Å². The number of likely N-dealkylation sites (N-methyl/N-ethyl adjacent to an activating group) is 1. The van der Waals surface area contributed by atoms with E-state index >= 15 is 0 Å². The highest BCUT2D eigenvalue weighted by Gasteiger charge is 2.34. The topological polar surface area (TPSA) is 71.0 Å². The Morgan fingerprint density at radius 1 is 0.816 bits per heavy atom. The molecule has 0 aliphatic carbocycles. The number of aliphatic hydroxyl groups excluding tert-OH is 1. The van der Waals surface area contributed by atoms with Crippen LogP contribution in [0.4, 0.5) is 27.6 Å². The first-order chi connectivity index (χ1) is 23.5. The van der Waals surface area contributed by atoms with Crippen molar-refractivity contribution in [2.75, 3.05) is 18.9 Å². The van der Waals surface area contributed by atoms with Crippen molar-refractivity contribution in [1.29, 1.82) is 0 Å². The summed E-state index contributed by atoms with van der Waals surface area (Å²) in [5.41, 5.74) is 1.85. The minimum absolute atomic E-state index is 0.0464. The number of carbonyl (C=O) groups excluding carboxylic acids is 1. The number of ether oxygens (including phenoxy) is 2. The lowest BCUT2D eigenvalue weighted by atomic mass is 9.98. The number of hydrogen-bond acceptors (Lipinski definition) is 5. The normalized spacial score (nSPS) is 18.5. The van der Waals surface area contributed by atoms with Crippen molar-refractivity contribution in [3.8, 4) is 0 Å². The quantitative estimate of drug-likeness (QED) is 0.0931. The van der Waals surface area contributed by atoms with E-state index in [0.717, 1.165) is 27.5 Å². The molecule has 49 heavy (non-hydrogen) atoms. The molecular weight excluding hydrogens is 643 g/mol. The van der Waals surface area contributed by atoms with Gasteiger partial charge < -0.3 is 19.9 Å². The molecule has 6 rings (SSSR count). The Balaban J connectivity index is 1.21. The molecule has 1 saturated heterocycles. The second-order valence-electron chi connectivity index (χ2n) is 12.1. The molecule has 1 aliphatic rings. The Morgan fingerprint density at radius 2 is 1.43 bits per heavy atom. The number of halogens is 5. The van der Waals surface area contributed by atoms with Gasteiger partial charge in [0.1, 0.15) is 5.56 Å². The first kappa shape index (κ1) is 34.2. The molecule has 0 saturated carbocycles. The summed E-state index contributed by atoms with van der Waals surface area (Å²) in [5, 5.41) is 14.0. The third-order valence-electron chi connectivity index (χ3n) is 8.90. The van der Waals surface area contributed by atoms with E-state index < -0.39 is 46.8 Å². The van der Waals surface area contributed by atoms with Crippen molar-refractivity contribution in [3.05, 3.63) is 148 Å². The van der Waals surface area contributed by atoms with Crippen molar-refractivity contribution in [3.63, 3.8) is 0 Å². The van der Waals surface area contributed by atoms with E-state index in [0.29, 0.717) is 18.5 Å². The summed E-state index contributed by atoms with van der Waals surface area (Å²) in [6.07, 6.45) is -0.942. The fourth-order valence-corrected chi connectivity index (χ4v) is 5.96. The molecule has 0 spiro atoms. The number of benzene rings is 5. The first-order valence-corrected chi connectivity index (χ1v) is 15.7. The second-order valence-corrected chi connectivity index (χ2v) is 12.1. The van der Waals surface area contributed by atoms with Crippen LogP contribution in [0.3, 0.4) is 0 Å². The molecule has 0 bridgehead atoms. The molecule has 4 atom stereocenters. The van der Waals surface area contributed by atoms with Crippen LogP contribution in [0.15, 0.2) is 91.0 Å². The van der Waals surface area contributed by atoms with Crippen LogP contribution in [0, 0.1) is 29.1 Å². The van der Waals surface area contributed by atoms with Gasteiger partial charge >= 0.3 is 0 Å². The lowest BCUT2D eigenvalue weighted by Crippen LogP contribution is -2.38. The number of aliphatic hydroxyl groups is 1. The Hall–Kier alpha value is -4.68. The van der Waals surface area contributed by atoms with Gasteiger partial charge in [0.05, 0.1) is 18.8 Å². The highest BCUT2D eigenvalue weighted by atomic mass is 19.2. The molecule has 5 aromatic carbocycles. The number of rotatable bonds is 9. The summed E-state index contributed by atoms with van der Waals surface area (Å²) >= 11 is 0. The average molecular weight is 677 g/mol. The van der Waals surface area contributed by atoms with Crippen molar-refractivity contribution >= 4 is 22.4 Å². The highest BCUT2D eigenvalue weighted by molar-refractivity contribution is 6.04. The molecule has 1 aliphatic heterocycles. The zero-order chi connectivity index (χ0) is 34.8. The number of amides is 1. The molecule has 0 unspecified atom stereocenters. The van der Waals surface area contributed by atoms with Crippen LogP contribution in [-0.2, 0) is 16.1 Å². The zero-order valence-electron chi connectivity index (χ0n) is 26.6. The fraction of sp³-hybridized carbons (Fsp3) is 0.237. The second kappa shape index (κ2) is 14.4. The van der Waals surface area contributed by atoms with Gasteiger partial charge in [0.15, 0.2) is 29.6 Å². The van der Waals surface area contributed by atoms with Crippen molar-refractivity contribution in [1.82, 2.24) is 4.90 Å². The predicted molar refractivity (Wildman–Crippen MR) is 174 cm³/mol. The summed E-state index contributed by atoms with van der Waals surface area (Å²) in [4.78, 5) is 14.8. The van der Waals surface area contributed by atoms with Crippen LogP contribution in [0.1, 0.15) is 64.4 Å². The summed E-state index contributed by atoms with van der Waals surface area (Å²) in [6.45, 7) is 2.60. The Labute approximate surface area is 279 Å². The van der Waals surface area contributed by atoms with E-state index in [1.54, 1.807) is 12.1 Å². The van der Waals surface area contributed by atoms with Crippen molar-refractivity contribution in [2.24, 2.45) is 0 Å². The van der Waals surface area contributed by atoms with Crippen molar-refractivity contribution < 1.29 is 41.3 Å². The molecule has 0 radical (unpaired) electrons. The fourth-order valence-electron chi connectivity index (χ4n) is 5.96. The van der Waals surface area contributed by atoms with Gasteiger partial charge in [-0.05, 0) is 59.6 Å². The Morgan fingerprint density at radius 3 is 2.08 bits per heavy atom. The SMILES string of the molecule is C[C@H](c1ccc2ccccc2c1)N(C)C[C@H]1C[C@@H](c2ccc(CO)cc2)O[C@@H](c2ccc(NC(=O)c3c(F)c(F)c(F)c(F)c3F)cc2)O1. The van der Waals surface area contributed by atoms with Gasteiger partial charge in [-0.1, -0.05) is 72.8 Å². The van der Waals surface area contributed by atoms with Crippen LogP contribution in [0.5, 0.6) is 0 Å². The third kappa shape index (κ3) is 7.20. The highest BCUT2D eigenvalue weighted by Crippen LogP contribution is 2.39. The lowest BCUT2D eigenvalue weighted by molar-refractivity contribution is -0.253. The van der Waals surface area contributed by atoms with E-state index in [2.05, 4.69) is 47.5 Å². The van der Waals surface area contributed by atoms with E-state index in [1.165, 1.54) is 12.1 Å². The van der Waals surface area contributed by atoms with Crippen molar-refractivity contribution in [2.45, 2.75) is 44.5 Å². The van der Waals surface area contributed by atoms with Gasteiger partial charge in [-0.15, -0.1) is 0 Å². The number of hydrogen-bond donors (Lipinski definition) is 2.